The Morgan fingerprint density at radius 3 is 2.41 bits per heavy atom. The molecule has 0 aromatic heterocycles. The first-order chi connectivity index (χ1) is 7.95. The molecule has 0 saturated carbocycles. The first-order valence-corrected chi connectivity index (χ1v) is 6.03. The number of ether oxygens (including phenoxy) is 1. The normalized spacial score (nSPS) is 16.4. The fraction of sp³-hybridized carbons (Fsp3) is 0.538. The molecule has 0 bridgehead atoms. The molecule has 0 aliphatic heterocycles. The molecular weight excluding hydrogens is 240 g/mol. The van der Waals surface area contributed by atoms with Gasteiger partial charge in [0.05, 0.1) is 19.3 Å². The summed E-state index contributed by atoms with van der Waals surface area (Å²) in [6.07, 6.45) is -0.985. The zero-order valence-electron chi connectivity index (χ0n) is 10.4. The van der Waals surface area contributed by atoms with E-state index in [2.05, 4.69) is 0 Å². The Hall–Kier alpha value is -0.770. The zero-order chi connectivity index (χ0) is 13.0. The molecule has 0 heterocycles. The largest absolute Gasteiger partial charge is 0.497 e. The summed E-state index contributed by atoms with van der Waals surface area (Å²) >= 11 is 6.14. The van der Waals surface area contributed by atoms with Crippen LogP contribution in [-0.2, 0) is 0 Å². The molecule has 0 aliphatic rings. The van der Waals surface area contributed by atoms with E-state index in [1.165, 1.54) is 0 Å². The number of halogens is 1. The monoisotopic (exact) mass is 258 g/mol. The minimum Gasteiger partial charge on any atom is -0.497 e. The van der Waals surface area contributed by atoms with Crippen molar-refractivity contribution in [3.63, 3.8) is 0 Å². The molecule has 1 aromatic carbocycles. The van der Waals surface area contributed by atoms with Crippen molar-refractivity contribution in [2.75, 3.05) is 7.11 Å². The summed E-state index contributed by atoms with van der Waals surface area (Å²) < 4.78 is 5.08. The lowest BCUT2D eigenvalue weighted by molar-refractivity contribution is 0.0227. The van der Waals surface area contributed by atoms with E-state index >= 15 is 0 Å². The standard InChI is InChI=1S/C13H19ClO3/c1-8(6-13(16)9(2)15)11-5-4-10(17-3)7-12(11)14/h4-5,7-9,13,15-16H,6H2,1-3H3. The predicted octanol–water partition coefficient (Wildman–Crippen LogP) is 2.58. The van der Waals surface area contributed by atoms with Gasteiger partial charge >= 0.3 is 0 Å². The van der Waals surface area contributed by atoms with Crippen LogP contribution in [0, 0.1) is 0 Å². The van der Waals surface area contributed by atoms with E-state index in [4.69, 9.17) is 16.3 Å². The number of aliphatic hydroxyl groups excluding tert-OH is 2. The number of hydrogen-bond acceptors (Lipinski definition) is 3. The molecule has 2 N–H and O–H groups in total. The van der Waals surface area contributed by atoms with Gasteiger partial charge in [-0.1, -0.05) is 24.6 Å². The molecule has 0 radical (unpaired) electrons. The minimum absolute atomic E-state index is 0.0815. The molecule has 1 rings (SSSR count). The van der Waals surface area contributed by atoms with Crippen molar-refractivity contribution in [2.24, 2.45) is 0 Å². The zero-order valence-corrected chi connectivity index (χ0v) is 11.1. The third-order valence-electron chi connectivity index (χ3n) is 2.89. The van der Waals surface area contributed by atoms with Crippen LogP contribution in [0.25, 0.3) is 0 Å². The lowest BCUT2D eigenvalue weighted by Gasteiger charge is -2.20. The van der Waals surface area contributed by atoms with Crippen LogP contribution < -0.4 is 4.74 Å². The Bertz CT molecular complexity index is 366. The van der Waals surface area contributed by atoms with Crippen LogP contribution in [0.15, 0.2) is 18.2 Å². The van der Waals surface area contributed by atoms with E-state index in [1.807, 2.05) is 19.1 Å². The summed E-state index contributed by atoms with van der Waals surface area (Å²) in [7, 11) is 1.59. The van der Waals surface area contributed by atoms with Crippen molar-refractivity contribution < 1.29 is 14.9 Å². The molecule has 0 aliphatic carbocycles. The minimum atomic E-state index is -0.733. The summed E-state index contributed by atoms with van der Waals surface area (Å²) in [5.41, 5.74) is 0.951. The molecular formula is C13H19ClO3. The molecule has 0 saturated heterocycles. The first-order valence-electron chi connectivity index (χ1n) is 5.65. The van der Waals surface area contributed by atoms with Gasteiger partial charge in [-0.3, -0.25) is 0 Å². The summed E-state index contributed by atoms with van der Waals surface area (Å²) in [4.78, 5) is 0. The molecule has 1 aromatic rings. The summed E-state index contributed by atoms with van der Waals surface area (Å²) in [5.74, 6) is 0.792. The Labute approximate surface area is 107 Å². The average molecular weight is 259 g/mol. The van der Waals surface area contributed by atoms with Crippen molar-refractivity contribution >= 4 is 11.6 Å². The van der Waals surface area contributed by atoms with Crippen molar-refractivity contribution in [3.8, 4) is 5.75 Å². The molecule has 17 heavy (non-hydrogen) atoms. The second-order valence-corrected chi connectivity index (χ2v) is 4.74. The highest BCUT2D eigenvalue weighted by atomic mass is 35.5. The van der Waals surface area contributed by atoms with Gasteiger partial charge < -0.3 is 14.9 Å². The summed E-state index contributed by atoms with van der Waals surface area (Å²) in [5, 5.41) is 19.5. The van der Waals surface area contributed by atoms with Crippen molar-refractivity contribution in [3.05, 3.63) is 28.8 Å². The van der Waals surface area contributed by atoms with Crippen LogP contribution >= 0.6 is 11.6 Å². The van der Waals surface area contributed by atoms with Crippen molar-refractivity contribution in [1.82, 2.24) is 0 Å². The molecule has 0 amide bonds. The van der Waals surface area contributed by atoms with Gasteiger partial charge in [0.2, 0.25) is 0 Å². The average Bonchev–Trinajstić information content (AvgIpc) is 2.28. The quantitative estimate of drug-likeness (QED) is 0.854. The van der Waals surface area contributed by atoms with E-state index in [9.17, 15) is 10.2 Å². The molecule has 3 unspecified atom stereocenters. The van der Waals surface area contributed by atoms with E-state index in [1.54, 1.807) is 20.1 Å². The van der Waals surface area contributed by atoms with Gasteiger partial charge in [0.15, 0.2) is 0 Å². The van der Waals surface area contributed by atoms with Crippen LogP contribution in [0.1, 0.15) is 31.7 Å². The van der Waals surface area contributed by atoms with E-state index in [-0.39, 0.29) is 5.92 Å². The number of benzene rings is 1. The maximum atomic E-state index is 9.63. The molecule has 0 spiro atoms. The Balaban J connectivity index is 2.78. The van der Waals surface area contributed by atoms with Gasteiger partial charge in [0.1, 0.15) is 5.75 Å². The number of hydrogen-bond donors (Lipinski definition) is 2. The highest BCUT2D eigenvalue weighted by molar-refractivity contribution is 6.31. The van der Waals surface area contributed by atoms with Gasteiger partial charge in [-0.25, -0.2) is 0 Å². The van der Waals surface area contributed by atoms with Gasteiger partial charge in [-0.15, -0.1) is 0 Å². The Morgan fingerprint density at radius 2 is 1.94 bits per heavy atom. The number of aliphatic hydroxyl groups is 2. The molecule has 3 atom stereocenters. The third kappa shape index (κ3) is 3.87. The second-order valence-electron chi connectivity index (χ2n) is 4.33. The number of methoxy groups -OCH3 is 1. The molecule has 4 heteroatoms. The Morgan fingerprint density at radius 1 is 1.29 bits per heavy atom. The van der Waals surface area contributed by atoms with Crippen LogP contribution in [0.3, 0.4) is 0 Å². The van der Waals surface area contributed by atoms with Gasteiger partial charge in [-0.2, -0.15) is 0 Å². The summed E-state index contributed by atoms with van der Waals surface area (Å²) in [6.45, 7) is 3.55. The second kappa shape index (κ2) is 6.24. The lowest BCUT2D eigenvalue weighted by Crippen LogP contribution is -2.24. The van der Waals surface area contributed by atoms with E-state index < -0.39 is 12.2 Å². The lowest BCUT2D eigenvalue weighted by atomic mass is 9.93. The van der Waals surface area contributed by atoms with Crippen LogP contribution in [0.5, 0.6) is 5.75 Å². The molecule has 3 nitrogen and oxygen atoms in total. The smallest absolute Gasteiger partial charge is 0.120 e. The Kier molecular flexibility index (Phi) is 5.25. The highest BCUT2D eigenvalue weighted by Gasteiger charge is 2.18. The van der Waals surface area contributed by atoms with Gasteiger partial charge in [-0.05, 0) is 37.0 Å². The van der Waals surface area contributed by atoms with E-state index in [0.717, 1.165) is 5.56 Å². The highest BCUT2D eigenvalue weighted by Crippen LogP contribution is 2.31. The first kappa shape index (κ1) is 14.3. The van der Waals surface area contributed by atoms with Crippen molar-refractivity contribution in [2.45, 2.75) is 38.4 Å². The molecule has 0 fully saturated rings. The van der Waals surface area contributed by atoms with Gasteiger partial charge in [0, 0.05) is 5.02 Å². The maximum Gasteiger partial charge on any atom is 0.120 e. The fourth-order valence-electron chi connectivity index (χ4n) is 1.72. The van der Waals surface area contributed by atoms with Crippen LogP contribution in [-0.4, -0.2) is 29.5 Å². The van der Waals surface area contributed by atoms with Gasteiger partial charge in [0.25, 0.3) is 0 Å². The van der Waals surface area contributed by atoms with E-state index in [0.29, 0.717) is 17.2 Å². The summed E-state index contributed by atoms with van der Waals surface area (Å²) in [6, 6.07) is 5.48. The van der Waals surface area contributed by atoms with Crippen molar-refractivity contribution in [1.29, 1.82) is 0 Å². The topological polar surface area (TPSA) is 49.7 Å². The molecule has 96 valence electrons. The maximum absolute atomic E-state index is 9.63. The number of rotatable bonds is 5. The van der Waals surface area contributed by atoms with Crippen LogP contribution in [0.2, 0.25) is 5.02 Å². The SMILES string of the molecule is COc1ccc(C(C)CC(O)C(C)O)c(Cl)c1. The van der Waals surface area contributed by atoms with Crippen LogP contribution in [0.4, 0.5) is 0 Å². The predicted molar refractivity (Wildman–Crippen MR) is 68.7 cm³/mol. The third-order valence-corrected chi connectivity index (χ3v) is 3.22. The fourth-order valence-corrected chi connectivity index (χ4v) is 2.08.